The maximum atomic E-state index is 13.0. The predicted molar refractivity (Wildman–Crippen MR) is 76.7 cm³/mol. The van der Waals surface area contributed by atoms with E-state index in [-0.39, 0.29) is 5.02 Å². The van der Waals surface area contributed by atoms with Crippen LogP contribution >= 0.6 is 11.6 Å². The Morgan fingerprint density at radius 2 is 1.70 bits per heavy atom. The molecular formula is C15H15ClFNO2. The fourth-order valence-corrected chi connectivity index (χ4v) is 1.82. The highest BCUT2D eigenvalue weighted by molar-refractivity contribution is 6.30. The Morgan fingerprint density at radius 3 is 2.35 bits per heavy atom. The number of nitrogens with two attached hydrogens (primary N) is 1. The van der Waals surface area contributed by atoms with E-state index in [0.29, 0.717) is 25.5 Å². The monoisotopic (exact) mass is 295 g/mol. The minimum Gasteiger partial charge on any atom is -0.490 e. The Bertz CT molecular complexity index is 578. The molecule has 0 amide bonds. The van der Waals surface area contributed by atoms with E-state index in [1.54, 1.807) is 0 Å². The van der Waals surface area contributed by atoms with Gasteiger partial charge in [0.25, 0.3) is 0 Å². The summed E-state index contributed by atoms with van der Waals surface area (Å²) in [5, 5.41) is 0.0408. The highest BCUT2D eigenvalue weighted by atomic mass is 35.5. The second kappa shape index (κ2) is 7.12. The molecule has 0 atom stereocenters. The second-order valence-corrected chi connectivity index (χ2v) is 4.53. The number of hydrogen-bond donors (Lipinski definition) is 1. The third-order valence-corrected chi connectivity index (χ3v) is 2.94. The molecule has 0 heterocycles. The van der Waals surface area contributed by atoms with Gasteiger partial charge < -0.3 is 15.2 Å². The molecule has 0 unspecified atom stereocenters. The SMILES string of the molecule is NCc1cccc(OCCOc2ccc(F)c(Cl)c2)c1. The summed E-state index contributed by atoms with van der Waals surface area (Å²) in [6, 6.07) is 11.8. The molecule has 2 rings (SSSR count). The first-order valence-corrected chi connectivity index (χ1v) is 6.56. The van der Waals surface area contributed by atoms with E-state index >= 15 is 0 Å². The van der Waals surface area contributed by atoms with Crippen molar-refractivity contribution in [1.82, 2.24) is 0 Å². The smallest absolute Gasteiger partial charge is 0.142 e. The molecule has 0 aromatic heterocycles. The van der Waals surface area contributed by atoms with Crippen molar-refractivity contribution in [3.05, 3.63) is 58.9 Å². The minimum atomic E-state index is -0.464. The number of hydrogen-bond acceptors (Lipinski definition) is 3. The quantitative estimate of drug-likeness (QED) is 0.831. The van der Waals surface area contributed by atoms with E-state index in [0.717, 1.165) is 11.3 Å². The first-order valence-electron chi connectivity index (χ1n) is 6.18. The molecule has 2 aromatic rings. The maximum absolute atomic E-state index is 13.0. The van der Waals surface area contributed by atoms with E-state index in [2.05, 4.69) is 0 Å². The van der Waals surface area contributed by atoms with Crippen LogP contribution in [0.4, 0.5) is 4.39 Å². The Labute approximate surface area is 122 Å². The third-order valence-electron chi connectivity index (χ3n) is 2.65. The van der Waals surface area contributed by atoms with Crippen molar-refractivity contribution in [2.75, 3.05) is 13.2 Å². The van der Waals surface area contributed by atoms with Crippen LogP contribution in [0.1, 0.15) is 5.56 Å². The summed E-state index contributed by atoms with van der Waals surface area (Å²) in [6.07, 6.45) is 0. The first kappa shape index (κ1) is 14.6. The van der Waals surface area contributed by atoms with Crippen LogP contribution in [0.25, 0.3) is 0 Å². The van der Waals surface area contributed by atoms with Crippen molar-refractivity contribution in [3.63, 3.8) is 0 Å². The minimum absolute atomic E-state index is 0.0408. The number of ether oxygens (including phenoxy) is 2. The van der Waals surface area contributed by atoms with E-state index in [1.165, 1.54) is 18.2 Å². The van der Waals surface area contributed by atoms with E-state index < -0.39 is 5.82 Å². The zero-order valence-corrected chi connectivity index (χ0v) is 11.6. The summed E-state index contributed by atoms with van der Waals surface area (Å²) >= 11 is 5.66. The third kappa shape index (κ3) is 4.11. The highest BCUT2D eigenvalue weighted by Crippen LogP contribution is 2.21. The number of benzene rings is 2. The van der Waals surface area contributed by atoms with Crippen molar-refractivity contribution in [3.8, 4) is 11.5 Å². The van der Waals surface area contributed by atoms with Gasteiger partial charge >= 0.3 is 0 Å². The summed E-state index contributed by atoms with van der Waals surface area (Å²) < 4.78 is 23.9. The lowest BCUT2D eigenvalue weighted by atomic mass is 10.2. The van der Waals surface area contributed by atoms with Gasteiger partial charge in [-0.1, -0.05) is 23.7 Å². The normalized spacial score (nSPS) is 10.3. The molecule has 0 radical (unpaired) electrons. The predicted octanol–water partition coefficient (Wildman–Crippen LogP) is 3.40. The van der Waals surface area contributed by atoms with Crippen LogP contribution in [0.2, 0.25) is 5.02 Å². The molecular weight excluding hydrogens is 281 g/mol. The van der Waals surface area contributed by atoms with Crippen molar-refractivity contribution < 1.29 is 13.9 Å². The molecule has 0 fully saturated rings. The number of rotatable bonds is 6. The van der Waals surface area contributed by atoms with Gasteiger partial charge in [-0.3, -0.25) is 0 Å². The van der Waals surface area contributed by atoms with Gasteiger partial charge in [-0.2, -0.15) is 0 Å². The fourth-order valence-electron chi connectivity index (χ4n) is 1.65. The first-order chi connectivity index (χ1) is 9.69. The van der Waals surface area contributed by atoms with Gasteiger partial charge in [-0.05, 0) is 29.8 Å². The molecule has 0 aliphatic heterocycles. The molecule has 20 heavy (non-hydrogen) atoms. The van der Waals surface area contributed by atoms with E-state index in [4.69, 9.17) is 26.8 Å². The summed E-state index contributed by atoms with van der Waals surface area (Å²) in [5.74, 6) is 0.790. The van der Waals surface area contributed by atoms with Gasteiger partial charge in [0, 0.05) is 12.6 Å². The molecule has 0 saturated heterocycles. The lowest BCUT2D eigenvalue weighted by Crippen LogP contribution is -2.09. The van der Waals surface area contributed by atoms with Crippen LogP contribution in [0, 0.1) is 5.82 Å². The molecule has 0 aliphatic carbocycles. The Kier molecular flexibility index (Phi) is 5.21. The van der Waals surface area contributed by atoms with Crippen LogP contribution in [0.3, 0.4) is 0 Å². The van der Waals surface area contributed by atoms with Gasteiger partial charge in [0.15, 0.2) is 0 Å². The highest BCUT2D eigenvalue weighted by Gasteiger charge is 2.02. The van der Waals surface area contributed by atoms with Crippen molar-refractivity contribution in [1.29, 1.82) is 0 Å². The lowest BCUT2D eigenvalue weighted by molar-refractivity contribution is 0.217. The molecule has 2 aromatic carbocycles. The zero-order chi connectivity index (χ0) is 14.4. The second-order valence-electron chi connectivity index (χ2n) is 4.12. The van der Waals surface area contributed by atoms with Crippen LogP contribution in [0.15, 0.2) is 42.5 Å². The Balaban J connectivity index is 1.79. The van der Waals surface area contributed by atoms with Crippen molar-refractivity contribution in [2.24, 2.45) is 5.73 Å². The van der Waals surface area contributed by atoms with Gasteiger partial charge in [-0.25, -0.2) is 4.39 Å². The maximum Gasteiger partial charge on any atom is 0.142 e. The van der Waals surface area contributed by atoms with Gasteiger partial charge in [0.2, 0.25) is 0 Å². The summed E-state index contributed by atoms with van der Waals surface area (Å²) in [4.78, 5) is 0. The summed E-state index contributed by atoms with van der Waals surface area (Å²) in [7, 11) is 0. The van der Waals surface area contributed by atoms with Crippen LogP contribution in [-0.4, -0.2) is 13.2 Å². The lowest BCUT2D eigenvalue weighted by Gasteiger charge is -2.09. The molecule has 106 valence electrons. The van der Waals surface area contributed by atoms with E-state index in [1.807, 2.05) is 24.3 Å². The molecule has 2 N–H and O–H groups in total. The van der Waals surface area contributed by atoms with Crippen molar-refractivity contribution >= 4 is 11.6 Å². The average Bonchev–Trinajstić information content (AvgIpc) is 2.47. The molecule has 0 spiro atoms. The molecule has 0 aliphatic rings. The van der Waals surface area contributed by atoms with Crippen LogP contribution in [0.5, 0.6) is 11.5 Å². The van der Waals surface area contributed by atoms with Crippen molar-refractivity contribution in [2.45, 2.75) is 6.54 Å². The Hall–Kier alpha value is -1.78. The molecule has 5 heteroatoms. The summed E-state index contributed by atoms with van der Waals surface area (Å²) in [6.45, 7) is 1.19. The zero-order valence-electron chi connectivity index (χ0n) is 10.8. The summed E-state index contributed by atoms with van der Waals surface area (Å²) in [5.41, 5.74) is 6.56. The van der Waals surface area contributed by atoms with E-state index in [9.17, 15) is 4.39 Å². The van der Waals surface area contributed by atoms with Gasteiger partial charge in [-0.15, -0.1) is 0 Å². The topological polar surface area (TPSA) is 44.5 Å². The van der Waals surface area contributed by atoms with Gasteiger partial charge in [0.1, 0.15) is 30.5 Å². The Morgan fingerprint density at radius 1 is 1.00 bits per heavy atom. The van der Waals surface area contributed by atoms with Crippen LogP contribution < -0.4 is 15.2 Å². The van der Waals surface area contributed by atoms with Crippen LogP contribution in [-0.2, 0) is 6.54 Å². The molecule has 3 nitrogen and oxygen atoms in total. The fraction of sp³-hybridized carbons (Fsp3) is 0.200. The number of halogens is 2. The van der Waals surface area contributed by atoms with Gasteiger partial charge in [0.05, 0.1) is 5.02 Å². The molecule has 0 saturated carbocycles. The molecule has 0 bridgehead atoms. The largest absolute Gasteiger partial charge is 0.490 e. The average molecular weight is 296 g/mol. The standard InChI is InChI=1S/C15H15ClFNO2/c16-14-9-13(4-5-15(14)17)20-7-6-19-12-3-1-2-11(8-12)10-18/h1-5,8-9H,6-7,10,18H2.